The fourth-order valence-electron chi connectivity index (χ4n) is 1.84. The molecular weight excluding hydrogens is 296 g/mol. The second-order valence-corrected chi connectivity index (χ2v) is 6.54. The molecule has 6 nitrogen and oxygen atoms in total. The van der Waals surface area contributed by atoms with Gasteiger partial charge in [-0.2, -0.15) is 0 Å². The molecule has 2 atom stereocenters. The van der Waals surface area contributed by atoms with Crippen LogP contribution in [0.3, 0.4) is 0 Å². The Labute approximate surface area is 137 Å². The maximum atomic E-state index is 12.1. The third kappa shape index (κ3) is 6.69. The van der Waals surface area contributed by atoms with Crippen LogP contribution in [0, 0.1) is 5.41 Å². The van der Waals surface area contributed by atoms with Gasteiger partial charge in [-0.3, -0.25) is 4.79 Å². The number of rotatable bonds is 6. The molecule has 0 aliphatic rings. The highest BCUT2D eigenvalue weighted by molar-refractivity contribution is 5.85. The van der Waals surface area contributed by atoms with Crippen LogP contribution in [-0.4, -0.2) is 35.8 Å². The molecule has 1 rings (SSSR count). The highest BCUT2D eigenvalue weighted by Gasteiger charge is 2.27. The molecule has 0 spiro atoms. The van der Waals surface area contributed by atoms with E-state index in [0.29, 0.717) is 0 Å². The molecule has 0 saturated heterocycles. The predicted octanol–water partition coefficient (Wildman–Crippen LogP) is 1.82. The molecule has 0 unspecified atom stereocenters. The maximum Gasteiger partial charge on any atom is 0.408 e. The van der Waals surface area contributed by atoms with Crippen molar-refractivity contribution in [1.29, 1.82) is 0 Å². The molecule has 6 heteroatoms. The average Bonchev–Trinajstić information content (AvgIpc) is 2.50. The fraction of sp³-hybridized carbons (Fsp3) is 0.529. The molecule has 1 aromatic rings. The van der Waals surface area contributed by atoms with E-state index >= 15 is 0 Å². The third-order valence-corrected chi connectivity index (χ3v) is 3.48. The Morgan fingerprint density at radius 1 is 1.17 bits per heavy atom. The topological polar surface area (TPSA) is 87.7 Å². The van der Waals surface area contributed by atoms with Gasteiger partial charge in [-0.05, 0) is 17.9 Å². The molecule has 0 aromatic heterocycles. The Bertz CT molecular complexity index is 511. The Balaban J connectivity index is 2.43. The zero-order chi connectivity index (χ0) is 17.5. The lowest BCUT2D eigenvalue weighted by atomic mass is 9.87. The van der Waals surface area contributed by atoms with Crippen LogP contribution in [0.15, 0.2) is 30.3 Å². The van der Waals surface area contributed by atoms with Gasteiger partial charge in [-0.1, -0.05) is 51.1 Å². The van der Waals surface area contributed by atoms with E-state index in [1.165, 1.54) is 0 Å². The Morgan fingerprint density at radius 3 is 2.30 bits per heavy atom. The summed E-state index contributed by atoms with van der Waals surface area (Å²) >= 11 is 0. The van der Waals surface area contributed by atoms with Crippen LogP contribution in [0.4, 0.5) is 4.79 Å². The molecule has 2 amide bonds. The minimum absolute atomic E-state index is 0.141. The first kappa shape index (κ1) is 19.0. The van der Waals surface area contributed by atoms with Crippen LogP contribution in [0.25, 0.3) is 0 Å². The molecule has 0 radical (unpaired) electrons. The molecule has 0 bridgehead atoms. The lowest BCUT2D eigenvalue weighted by Crippen LogP contribution is -2.53. The van der Waals surface area contributed by atoms with Gasteiger partial charge in [0.15, 0.2) is 0 Å². The van der Waals surface area contributed by atoms with E-state index in [4.69, 9.17) is 4.74 Å². The van der Waals surface area contributed by atoms with Crippen LogP contribution in [-0.2, 0) is 16.1 Å². The Hall–Kier alpha value is -2.08. The van der Waals surface area contributed by atoms with Gasteiger partial charge in [0.1, 0.15) is 12.6 Å². The fourth-order valence-corrected chi connectivity index (χ4v) is 1.84. The number of ether oxygens (including phenoxy) is 1. The van der Waals surface area contributed by atoms with Gasteiger partial charge >= 0.3 is 6.09 Å². The highest BCUT2D eigenvalue weighted by atomic mass is 16.5. The largest absolute Gasteiger partial charge is 0.445 e. The molecule has 23 heavy (non-hydrogen) atoms. The summed E-state index contributed by atoms with van der Waals surface area (Å²) in [6.45, 7) is 7.29. The van der Waals surface area contributed by atoms with Crippen molar-refractivity contribution in [2.24, 2.45) is 5.41 Å². The first-order valence-electron chi connectivity index (χ1n) is 7.62. The van der Waals surface area contributed by atoms with E-state index in [1.807, 2.05) is 51.1 Å². The summed E-state index contributed by atoms with van der Waals surface area (Å²) < 4.78 is 5.07. The van der Waals surface area contributed by atoms with Gasteiger partial charge in [0.05, 0.1) is 12.6 Å². The molecular formula is C17H26N2O4. The molecule has 1 aromatic carbocycles. The van der Waals surface area contributed by atoms with Crippen molar-refractivity contribution in [3.8, 4) is 0 Å². The number of carbonyl (C=O) groups excluding carboxylic acids is 2. The zero-order valence-electron chi connectivity index (χ0n) is 14.1. The second-order valence-electron chi connectivity index (χ2n) is 6.54. The van der Waals surface area contributed by atoms with Crippen molar-refractivity contribution in [3.63, 3.8) is 0 Å². The number of aliphatic hydroxyl groups is 1. The van der Waals surface area contributed by atoms with Crippen LogP contribution in [0.1, 0.15) is 33.3 Å². The predicted molar refractivity (Wildman–Crippen MR) is 87.7 cm³/mol. The Morgan fingerprint density at radius 2 is 1.78 bits per heavy atom. The lowest BCUT2D eigenvalue weighted by Gasteiger charge is -2.30. The molecule has 128 valence electrons. The number of hydrogen-bond donors (Lipinski definition) is 3. The minimum Gasteiger partial charge on any atom is -0.445 e. The standard InChI is InChI=1S/C17H26N2O4/c1-12(15(21)19-14(10-20)17(2,3)4)18-16(22)23-11-13-8-6-5-7-9-13/h5-9,12,14,20H,10-11H2,1-4H3,(H,18,22)(H,19,21)/t12-,14+/m0/s1. The van der Waals surface area contributed by atoms with Crippen LogP contribution < -0.4 is 10.6 Å². The first-order chi connectivity index (χ1) is 10.7. The number of benzene rings is 1. The average molecular weight is 322 g/mol. The smallest absolute Gasteiger partial charge is 0.408 e. The van der Waals surface area contributed by atoms with Crippen molar-refractivity contribution in [3.05, 3.63) is 35.9 Å². The van der Waals surface area contributed by atoms with Crippen molar-refractivity contribution >= 4 is 12.0 Å². The molecule has 0 fully saturated rings. The van der Waals surface area contributed by atoms with Crippen LogP contribution >= 0.6 is 0 Å². The van der Waals surface area contributed by atoms with Gasteiger partial charge in [-0.25, -0.2) is 4.79 Å². The van der Waals surface area contributed by atoms with Gasteiger partial charge in [-0.15, -0.1) is 0 Å². The van der Waals surface area contributed by atoms with Gasteiger partial charge in [0.25, 0.3) is 0 Å². The highest BCUT2D eigenvalue weighted by Crippen LogP contribution is 2.18. The zero-order valence-corrected chi connectivity index (χ0v) is 14.1. The van der Waals surface area contributed by atoms with Gasteiger partial charge in [0.2, 0.25) is 5.91 Å². The number of aliphatic hydroxyl groups excluding tert-OH is 1. The summed E-state index contributed by atoms with van der Waals surface area (Å²) in [6.07, 6.45) is -0.659. The van der Waals surface area contributed by atoms with E-state index in [0.717, 1.165) is 5.56 Å². The summed E-state index contributed by atoms with van der Waals surface area (Å²) in [4.78, 5) is 23.8. The number of alkyl carbamates (subject to hydrolysis) is 1. The summed E-state index contributed by atoms with van der Waals surface area (Å²) in [5.74, 6) is -0.365. The summed E-state index contributed by atoms with van der Waals surface area (Å²) in [7, 11) is 0. The number of amides is 2. The van der Waals surface area contributed by atoms with E-state index in [1.54, 1.807) is 6.92 Å². The SMILES string of the molecule is C[C@H](NC(=O)OCc1ccccc1)C(=O)N[C@H](CO)C(C)(C)C. The molecule has 0 aliphatic heterocycles. The van der Waals surface area contributed by atoms with Crippen molar-refractivity contribution in [2.45, 2.75) is 46.4 Å². The Kier molecular flexibility index (Phi) is 7.03. The van der Waals surface area contributed by atoms with E-state index in [2.05, 4.69) is 10.6 Å². The monoisotopic (exact) mass is 322 g/mol. The van der Waals surface area contributed by atoms with E-state index in [9.17, 15) is 14.7 Å². The van der Waals surface area contributed by atoms with Gasteiger partial charge < -0.3 is 20.5 Å². The van der Waals surface area contributed by atoms with Crippen molar-refractivity contribution < 1.29 is 19.4 Å². The number of hydrogen-bond acceptors (Lipinski definition) is 4. The summed E-state index contributed by atoms with van der Waals surface area (Å²) in [5, 5.41) is 14.6. The minimum atomic E-state index is -0.755. The first-order valence-corrected chi connectivity index (χ1v) is 7.62. The quantitative estimate of drug-likeness (QED) is 0.745. The number of nitrogens with one attached hydrogen (secondary N) is 2. The normalized spacial score (nSPS) is 13.8. The second kappa shape index (κ2) is 8.53. The molecule has 0 aliphatic carbocycles. The van der Waals surface area contributed by atoms with E-state index in [-0.39, 0.29) is 30.6 Å². The molecule has 0 saturated carbocycles. The third-order valence-electron chi connectivity index (χ3n) is 3.48. The summed E-state index contributed by atoms with van der Waals surface area (Å²) in [6, 6.07) is 8.14. The summed E-state index contributed by atoms with van der Waals surface area (Å²) in [5.41, 5.74) is 0.589. The van der Waals surface area contributed by atoms with Crippen molar-refractivity contribution in [1.82, 2.24) is 10.6 Å². The van der Waals surface area contributed by atoms with Crippen LogP contribution in [0.5, 0.6) is 0 Å². The molecule has 3 N–H and O–H groups in total. The molecule has 0 heterocycles. The van der Waals surface area contributed by atoms with E-state index < -0.39 is 12.1 Å². The number of carbonyl (C=O) groups is 2. The van der Waals surface area contributed by atoms with Gasteiger partial charge in [0, 0.05) is 0 Å². The lowest BCUT2D eigenvalue weighted by molar-refractivity contribution is -0.124. The van der Waals surface area contributed by atoms with Crippen LogP contribution in [0.2, 0.25) is 0 Å². The maximum absolute atomic E-state index is 12.1. The van der Waals surface area contributed by atoms with Crippen molar-refractivity contribution in [2.75, 3.05) is 6.61 Å².